The van der Waals surface area contributed by atoms with Crippen LogP contribution in [0.3, 0.4) is 0 Å². The molecule has 0 radical (unpaired) electrons. The molecule has 2 saturated heterocycles. The molecule has 2 amide bonds. The molecule has 0 aliphatic carbocycles. The molecule has 19 heavy (non-hydrogen) atoms. The van der Waals surface area contributed by atoms with Gasteiger partial charge in [-0.3, -0.25) is 9.59 Å². The second-order valence-electron chi connectivity index (χ2n) is 6.29. The fourth-order valence-corrected chi connectivity index (χ4v) is 3.14. The van der Waals surface area contributed by atoms with E-state index in [-0.39, 0.29) is 23.8 Å². The molecule has 2 fully saturated rings. The van der Waals surface area contributed by atoms with E-state index in [1.165, 1.54) is 0 Å². The van der Waals surface area contributed by atoms with Crippen LogP contribution >= 0.6 is 0 Å². The normalized spacial score (nSPS) is 27.8. The first-order valence-electron chi connectivity index (χ1n) is 6.92. The molecular formula is C15H22N2O2. The zero-order valence-corrected chi connectivity index (χ0v) is 12.1. The molecule has 104 valence electrons. The predicted octanol–water partition coefficient (Wildman–Crippen LogP) is 1.26. The van der Waals surface area contributed by atoms with Gasteiger partial charge < -0.3 is 9.80 Å². The van der Waals surface area contributed by atoms with Crippen molar-refractivity contribution >= 4 is 11.8 Å². The Labute approximate surface area is 115 Å². The minimum atomic E-state index is -0.726. The Morgan fingerprint density at radius 2 is 1.95 bits per heavy atom. The zero-order valence-electron chi connectivity index (χ0n) is 12.1. The minimum absolute atomic E-state index is 0.0127. The van der Waals surface area contributed by atoms with Crippen molar-refractivity contribution in [2.75, 3.05) is 6.54 Å². The highest BCUT2D eigenvalue weighted by atomic mass is 16.2. The van der Waals surface area contributed by atoms with Gasteiger partial charge in [-0.1, -0.05) is 19.8 Å². The summed E-state index contributed by atoms with van der Waals surface area (Å²) in [6.45, 7) is 8.29. The molecule has 4 nitrogen and oxygen atoms in total. The van der Waals surface area contributed by atoms with Crippen molar-refractivity contribution in [1.82, 2.24) is 9.80 Å². The van der Waals surface area contributed by atoms with Gasteiger partial charge in [-0.15, -0.1) is 6.42 Å². The summed E-state index contributed by atoms with van der Waals surface area (Å²) in [4.78, 5) is 28.7. The van der Waals surface area contributed by atoms with Crippen LogP contribution in [-0.4, -0.2) is 45.8 Å². The smallest absolute Gasteiger partial charge is 0.247 e. The fourth-order valence-electron chi connectivity index (χ4n) is 3.14. The average molecular weight is 262 g/mol. The zero-order chi connectivity index (χ0) is 14.4. The van der Waals surface area contributed by atoms with Gasteiger partial charge in [-0.25, -0.2) is 0 Å². The topological polar surface area (TPSA) is 40.6 Å². The van der Waals surface area contributed by atoms with E-state index in [4.69, 9.17) is 6.42 Å². The first kappa shape index (κ1) is 13.9. The molecule has 2 atom stereocenters. The molecule has 0 N–H and O–H groups in total. The van der Waals surface area contributed by atoms with Gasteiger partial charge in [0.15, 0.2) is 0 Å². The number of carbonyl (C=O) groups excluding carboxylic acids is 2. The fraction of sp³-hybridized carbons (Fsp3) is 0.733. The van der Waals surface area contributed by atoms with Crippen molar-refractivity contribution in [2.45, 2.75) is 58.2 Å². The highest BCUT2D eigenvalue weighted by Crippen LogP contribution is 2.34. The molecular weight excluding hydrogens is 240 g/mol. The van der Waals surface area contributed by atoms with E-state index in [0.717, 1.165) is 12.8 Å². The number of hydrogen-bond donors (Lipinski definition) is 0. The Morgan fingerprint density at radius 1 is 1.32 bits per heavy atom. The maximum atomic E-state index is 12.7. The van der Waals surface area contributed by atoms with E-state index >= 15 is 0 Å². The van der Waals surface area contributed by atoms with Crippen molar-refractivity contribution in [2.24, 2.45) is 5.92 Å². The van der Waals surface area contributed by atoms with Crippen LogP contribution < -0.4 is 0 Å². The highest BCUT2D eigenvalue weighted by Gasteiger charge is 2.52. The van der Waals surface area contributed by atoms with E-state index in [1.807, 2.05) is 27.7 Å². The largest absolute Gasteiger partial charge is 0.329 e. The van der Waals surface area contributed by atoms with Gasteiger partial charge in [0.25, 0.3) is 0 Å². The second kappa shape index (κ2) is 4.56. The third-order valence-corrected chi connectivity index (χ3v) is 4.18. The van der Waals surface area contributed by atoms with E-state index in [0.29, 0.717) is 6.54 Å². The Balaban J connectivity index is 2.46. The van der Waals surface area contributed by atoms with Crippen LogP contribution in [0.2, 0.25) is 0 Å². The predicted molar refractivity (Wildman–Crippen MR) is 73.1 cm³/mol. The number of rotatable bonds is 2. The summed E-state index contributed by atoms with van der Waals surface area (Å²) in [5, 5.41) is 0. The summed E-state index contributed by atoms with van der Waals surface area (Å²) in [6.07, 6.45) is 7.23. The molecule has 2 aliphatic heterocycles. The molecule has 0 saturated carbocycles. The van der Waals surface area contributed by atoms with Crippen molar-refractivity contribution in [3.8, 4) is 12.3 Å². The van der Waals surface area contributed by atoms with Crippen molar-refractivity contribution < 1.29 is 9.59 Å². The third kappa shape index (κ3) is 2.01. The summed E-state index contributed by atoms with van der Waals surface area (Å²) >= 11 is 0. The Bertz CT molecular complexity index is 448. The average Bonchev–Trinajstić information content (AvgIpc) is 2.82. The van der Waals surface area contributed by atoms with Gasteiger partial charge in [-0.05, 0) is 32.6 Å². The molecule has 2 rings (SSSR count). The Kier molecular flexibility index (Phi) is 3.34. The molecule has 0 aromatic carbocycles. The lowest BCUT2D eigenvalue weighted by atomic mass is 9.90. The number of hydrogen-bond acceptors (Lipinski definition) is 2. The SMILES string of the molecule is C#CC(C)(C)N1C(=O)C2CCCN2C(=O)C1C(C)C. The van der Waals surface area contributed by atoms with Gasteiger partial charge in [0, 0.05) is 6.54 Å². The standard InChI is InChI=1S/C15H22N2O2/c1-6-15(4,5)17-12(10(2)3)14(19)16-9-7-8-11(16)13(17)18/h1,10-12H,7-9H2,2-5H3. The van der Waals surface area contributed by atoms with Crippen LogP contribution in [0.4, 0.5) is 0 Å². The van der Waals surface area contributed by atoms with Gasteiger partial charge in [-0.2, -0.15) is 0 Å². The summed E-state index contributed by atoms with van der Waals surface area (Å²) in [5.41, 5.74) is -0.726. The van der Waals surface area contributed by atoms with Crippen molar-refractivity contribution in [3.05, 3.63) is 0 Å². The van der Waals surface area contributed by atoms with Crippen LogP contribution in [0.1, 0.15) is 40.5 Å². The van der Waals surface area contributed by atoms with Crippen molar-refractivity contribution in [1.29, 1.82) is 0 Å². The molecule has 0 aromatic rings. The lowest BCUT2D eigenvalue weighted by Gasteiger charge is -2.49. The molecule has 0 aromatic heterocycles. The Hall–Kier alpha value is -1.50. The summed E-state index contributed by atoms with van der Waals surface area (Å²) in [6, 6.07) is -0.733. The number of terminal acetylenes is 1. The quantitative estimate of drug-likeness (QED) is 0.703. The number of piperazine rings is 1. The van der Waals surface area contributed by atoms with Gasteiger partial charge >= 0.3 is 0 Å². The number of amides is 2. The van der Waals surface area contributed by atoms with Gasteiger partial charge in [0.05, 0.1) is 5.54 Å². The minimum Gasteiger partial charge on any atom is -0.329 e. The summed E-state index contributed by atoms with van der Waals surface area (Å²) < 4.78 is 0. The first-order valence-corrected chi connectivity index (χ1v) is 6.92. The molecule has 0 spiro atoms. The van der Waals surface area contributed by atoms with Crippen LogP contribution in [0.5, 0.6) is 0 Å². The first-order chi connectivity index (χ1) is 8.81. The van der Waals surface area contributed by atoms with Crippen molar-refractivity contribution in [3.63, 3.8) is 0 Å². The maximum Gasteiger partial charge on any atom is 0.247 e. The summed E-state index contributed by atoms with van der Waals surface area (Å²) in [7, 11) is 0. The number of carbonyl (C=O) groups is 2. The van der Waals surface area contributed by atoms with E-state index in [9.17, 15) is 9.59 Å². The lowest BCUT2D eigenvalue weighted by molar-refractivity contribution is -0.166. The second-order valence-corrected chi connectivity index (χ2v) is 6.29. The highest BCUT2D eigenvalue weighted by molar-refractivity contribution is 5.98. The van der Waals surface area contributed by atoms with Gasteiger partial charge in [0.1, 0.15) is 12.1 Å². The van der Waals surface area contributed by atoms with E-state index in [1.54, 1.807) is 9.80 Å². The van der Waals surface area contributed by atoms with E-state index < -0.39 is 11.6 Å². The van der Waals surface area contributed by atoms with Crippen LogP contribution in [-0.2, 0) is 9.59 Å². The van der Waals surface area contributed by atoms with Gasteiger partial charge in [0.2, 0.25) is 11.8 Å². The molecule has 2 heterocycles. The van der Waals surface area contributed by atoms with Crippen LogP contribution in [0, 0.1) is 18.3 Å². The van der Waals surface area contributed by atoms with E-state index in [2.05, 4.69) is 5.92 Å². The number of nitrogens with zero attached hydrogens (tertiary/aromatic N) is 2. The third-order valence-electron chi connectivity index (χ3n) is 4.18. The Morgan fingerprint density at radius 3 is 2.47 bits per heavy atom. The molecule has 4 heteroatoms. The number of fused-ring (bicyclic) bond motifs is 1. The monoisotopic (exact) mass is 262 g/mol. The molecule has 2 unspecified atom stereocenters. The maximum absolute atomic E-state index is 12.7. The van der Waals surface area contributed by atoms with Crippen LogP contribution in [0.25, 0.3) is 0 Å². The molecule has 2 aliphatic rings. The molecule has 0 bridgehead atoms. The summed E-state index contributed by atoms with van der Waals surface area (Å²) in [5.74, 6) is 2.79. The van der Waals surface area contributed by atoms with Crippen LogP contribution in [0.15, 0.2) is 0 Å². The lowest BCUT2D eigenvalue weighted by Crippen LogP contribution is -2.68.